The van der Waals surface area contributed by atoms with Gasteiger partial charge in [0.1, 0.15) is 0 Å². The number of aryl methyl sites for hydroxylation is 1. The van der Waals surface area contributed by atoms with E-state index < -0.39 is 5.97 Å². The van der Waals surface area contributed by atoms with E-state index in [1.807, 2.05) is 18.2 Å². The van der Waals surface area contributed by atoms with Crippen molar-refractivity contribution < 1.29 is 9.90 Å². The van der Waals surface area contributed by atoms with Crippen molar-refractivity contribution in [2.24, 2.45) is 0 Å². The van der Waals surface area contributed by atoms with E-state index in [1.54, 1.807) is 6.08 Å². The molecule has 0 unspecified atom stereocenters. The average molecular weight is 255 g/mol. The van der Waals surface area contributed by atoms with Crippen LogP contribution in [0, 0.1) is 0 Å². The van der Waals surface area contributed by atoms with Gasteiger partial charge in [0.05, 0.1) is 0 Å². The Kier molecular flexibility index (Phi) is 3.89. The number of rotatable bonds is 3. The van der Waals surface area contributed by atoms with E-state index in [-0.39, 0.29) is 0 Å². The van der Waals surface area contributed by atoms with Gasteiger partial charge in [0.15, 0.2) is 0 Å². The van der Waals surface area contributed by atoms with Crippen molar-refractivity contribution in [1.29, 1.82) is 0 Å². The lowest BCUT2D eigenvalue weighted by Gasteiger charge is -2.01. The third-order valence-electron chi connectivity index (χ3n) is 1.88. The molecule has 1 aromatic rings. The van der Waals surface area contributed by atoms with Crippen LogP contribution in [0.4, 0.5) is 0 Å². The maximum Gasteiger partial charge on any atom is 0.328 e. The number of benzene rings is 1. The summed E-state index contributed by atoms with van der Waals surface area (Å²) in [5.41, 5.74) is 2.11. The lowest BCUT2D eigenvalue weighted by atomic mass is 10.1. The molecule has 0 saturated carbocycles. The Hall–Kier alpha value is -1.09. The topological polar surface area (TPSA) is 37.3 Å². The number of halogens is 1. The van der Waals surface area contributed by atoms with Gasteiger partial charge in [0.25, 0.3) is 0 Å². The molecule has 0 fully saturated rings. The molecular formula is C11H11BrO2. The summed E-state index contributed by atoms with van der Waals surface area (Å²) in [5, 5.41) is 8.46. The van der Waals surface area contributed by atoms with E-state index in [9.17, 15) is 4.79 Å². The molecule has 0 radical (unpaired) electrons. The fourth-order valence-electron chi connectivity index (χ4n) is 1.09. The van der Waals surface area contributed by atoms with Crippen LogP contribution in [0.25, 0.3) is 6.08 Å². The second-order valence-corrected chi connectivity index (χ2v) is 3.74. The Bertz CT molecular complexity index is 370. The van der Waals surface area contributed by atoms with Gasteiger partial charge in [-0.2, -0.15) is 0 Å². The normalized spacial score (nSPS) is 10.7. The zero-order chi connectivity index (χ0) is 10.6. The molecule has 2 nitrogen and oxygen atoms in total. The van der Waals surface area contributed by atoms with Crippen molar-refractivity contribution in [2.45, 2.75) is 13.3 Å². The minimum Gasteiger partial charge on any atom is -0.478 e. The molecule has 0 aliphatic carbocycles. The molecule has 0 atom stereocenters. The molecule has 0 aliphatic rings. The predicted octanol–water partition coefficient (Wildman–Crippen LogP) is 3.11. The molecule has 0 aliphatic heterocycles. The van der Waals surface area contributed by atoms with Gasteiger partial charge < -0.3 is 5.11 Å². The van der Waals surface area contributed by atoms with Crippen molar-refractivity contribution in [2.75, 3.05) is 0 Å². The summed E-state index contributed by atoms with van der Waals surface area (Å²) in [5.74, 6) is -0.934. The molecular weight excluding hydrogens is 244 g/mol. The maximum atomic E-state index is 10.3. The highest BCUT2D eigenvalue weighted by Crippen LogP contribution is 2.20. The number of carboxylic acids is 1. The number of hydrogen-bond donors (Lipinski definition) is 1. The van der Waals surface area contributed by atoms with Crippen LogP contribution in [-0.4, -0.2) is 11.1 Å². The zero-order valence-electron chi connectivity index (χ0n) is 7.83. The van der Waals surface area contributed by atoms with Crippen molar-refractivity contribution >= 4 is 28.0 Å². The first-order valence-electron chi connectivity index (χ1n) is 4.33. The number of carboxylic acid groups (broad SMARTS) is 1. The fourth-order valence-corrected chi connectivity index (χ4v) is 1.65. The van der Waals surface area contributed by atoms with Gasteiger partial charge >= 0.3 is 5.97 Å². The van der Waals surface area contributed by atoms with Crippen LogP contribution in [0.2, 0.25) is 0 Å². The average Bonchev–Trinajstić information content (AvgIpc) is 2.15. The van der Waals surface area contributed by atoms with Crippen LogP contribution in [-0.2, 0) is 11.2 Å². The summed E-state index contributed by atoms with van der Waals surface area (Å²) >= 11 is 3.39. The third kappa shape index (κ3) is 3.00. The van der Waals surface area contributed by atoms with Gasteiger partial charge in [0.2, 0.25) is 0 Å². The predicted molar refractivity (Wildman–Crippen MR) is 60.2 cm³/mol. The Morgan fingerprint density at radius 2 is 2.29 bits per heavy atom. The summed E-state index contributed by atoms with van der Waals surface area (Å²) in [7, 11) is 0. The highest BCUT2D eigenvalue weighted by Gasteiger charge is 1.97. The summed E-state index contributed by atoms with van der Waals surface area (Å²) in [6.45, 7) is 2.08. The molecule has 0 heterocycles. The van der Waals surface area contributed by atoms with Crippen LogP contribution < -0.4 is 0 Å². The molecule has 0 saturated heterocycles. The Morgan fingerprint density at radius 3 is 2.79 bits per heavy atom. The Labute approximate surface area is 91.4 Å². The number of hydrogen-bond acceptors (Lipinski definition) is 1. The van der Waals surface area contributed by atoms with E-state index >= 15 is 0 Å². The SMILES string of the molecule is CCc1ccc(C=CC(=O)O)c(Br)c1. The lowest BCUT2D eigenvalue weighted by molar-refractivity contribution is -0.131. The Balaban J connectivity index is 2.94. The Morgan fingerprint density at radius 1 is 1.57 bits per heavy atom. The molecule has 0 spiro atoms. The lowest BCUT2D eigenvalue weighted by Crippen LogP contribution is -1.87. The first kappa shape index (κ1) is 11.0. The van der Waals surface area contributed by atoms with Crippen molar-refractivity contribution in [1.82, 2.24) is 0 Å². The fraction of sp³-hybridized carbons (Fsp3) is 0.182. The molecule has 14 heavy (non-hydrogen) atoms. The summed E-state index contributed by atoms with van der Waals surface area (Å²) in [6.07, 6.45) is 3.68. The maximum absolute atomic E-state index is 10.3. The van der Waals surface area contributed by atoms with Crippen LogP contribution in [0.1, 0.15) is 18.1 Å². The second-order valence-electron chi connectivity index (χ2n) is 2.88. The smallest absolute Gasteiger partial charge is 0.328 e. The zero-order valence-corrected chi connectivity index (χ0v) is 9.41. The van der Waals surface area contributed by atoms with Gasteiger partial charge in [-0.1, -0.05) is 35.0 Å². The highest BCUT2D eigenvalue weighted by atomic mass is 79.9. The highest BCUT2D eigenvalue weighted by molar-refractivity contribution is 9.10. The van der Waals surface area contributed by atoms with Crippen LogP contribution in [0.15, 0.2) is 28.7 Å². The first-order valence-corrected chi connectivity index (χ1v) is 5.12. The van der Waals surface area contributed by atoms with Crippen LogP contribution >= 0.6 is 15.9 Å². The number of carbonyl (C=O) groups is 1. The van der Waals surface area contributed by atoms with Crippen LogP contribution in [0.3, 0.4) is 0 Å². The summed E-state index contributed by atoms with van der Waals surface area (Å²) in [4.78, 5) is 10.3. The van der Waals surface area contributed by atoms with E-state index in [4.69, 9.17) is 5.11 Å². The molecule has 3 heteroatoms. The van der Waals surface area contributed by atoms with Crippen molar-refractivity contribution in [3.8, 4) is 0 Å². The molecule has 74 valence electrons. The quantitative estimate of drug-likeness (QED) is 0.842. The second kappa shape index (κ2) is 4.96. The third-order valence-corrected chi connectivity index (χ3v) is 2.57. The van der Waals surface area contributed by atoms with Gasteiger partial charge in [-0.25, -0.2) is 4.79 Å². The molecule has 0 amide bonds. The van der Waals surface area contributed by atoms with E-state index in [0.717, 1.165) is 22.5 Å². The summed E-state index contributed by atoms with van der Waals surface area (Å²) in [6, 6.07) is 5.90. The van der Waals surface area contributed by atoms with E-state index in [1.165, 1.54) is 5.56 Å². The van der Waals surface area contributed by atoms with Crippen LogP contribution in [0.5, 0.6) is 0 Å². The molecule has 0 aromatic heterocycles. The minimum atomic E-state index is -0.934. The van der Waals surface area contributed by atoms with Gasteiger partial charge in [-0.3, -0.25) is 0 Å². The van der Waals surface area contributed by atoms with E-state index in [0.29, 0.717) is 0 Å². The van der Waals surface area contributed by atoms with Crippen molar-refractivity contribution in [3.63, 3.8) is 0 Å². The van der Waals surface area contributed by atoms with E-state index in [2.05, 4.69) is 22.9 Å². The molecule has 0 bridgehead atoms. The molecule has 1 aromatic carbocycles. The summed E-state index contributed by atoms with van der Waals surface area (Å²) < 4.78 is 0.925. The first-order chi connectivity index (χ1) is 6.63. The minimum absolute atomic E-state index is 0.879. The van der Waals surface area contributed by atoms with Gasteiger partial charge in [-0.15, -0.1) is 0 Å². The molecule has 1 N–H and O–H groups in total. The monoisotopic (exact) mass is 254 g/mol. The van der Waals surface area contributed by atoms with Gasteiger partial charge in [0, 0.05) is 10.5 Å². The largest absolute Gasteiger partial charge is 0.478 e. The standard InChI is InChI=1S/C11H11BrO2/c1-2-8-3-4-9(10(12)7-8)5-6-11(13)14/h3-7H,2H2,1H3,(H,13,14). The van der Waals surface area contributed by atoms with Crippen molar-refractivity contribution in [3.05, 3.63) is 39.9 Å². The number of aliphatic carboxylic acids is 1. The molecule has 1 rings (SSSR count). The van der Waals surface area contributed by atoms with Gasteiger partial charge in [-0.05, 0) is 29.7 Å².